The first-order valence-corrected chi connectivity index (χ1v) is 7.38. The number of aromatic hydroxyl groups is 1. The molecular formula is C15H11ClN4O6. The van der Waals surface area contributed by atoms with Crippen LogP contribution in [0.25, 0.3) is 0 Å². The number of non-ortho nitro benzene ring substituents is 1. The van der Waals surface area contributed by atoms with Crippen LogP contribution >= 0.6 is 11.6 Å². The van der Waals surface area contributed by atoms with Crippen molar-refractivity contribution in [2.75, 3.05) is 0 Å². The second-order valence-corrected chi connectivity index (χ2v) is 5.45. The van der Waals surface area contributed by atoms with Crippen LogP contribution in [0.4, 0.5) is 11.4 Å². The second kappa shape index (κ2) is 8.03. The number of hydrazone groups is 1. The number of phenolic OH excluding ortho intramolecular Hbond substituents is 1. The summed E-state index contributed by atoms with van der Waals surface area (Å²) in [4.78, 5) is 31.7. The molecule has 0 aliphatic carbocycles. The lowest BCUT2D eigenvalue weighted by molar-refractivity contribution is -0.394. The number of nitro benzene ring substituents is 2. The van der Waals surface area contributed by atoms with Crippen LogP contribution in [-0.2, 0) is 11.2 Å². The smallest absolute Gasteiger partial charge is 0.318 e. The number of benzene rings is 2. The third-order valence-corrected chi connectivity index (χ3v) is 3.43. The van der Waals surface area contributed by atoms with Crippen molar-refractivity contribution < 1.29 is 19.7 Å². The lowest BCUT2D eigenvalue weighted by atomic mass is 10.1. The molecule has 0 saturated carbocycles. The van der Waals surface area contributed by atoms with Crippen LogP contribution in [0.1, 0.15) is 11.1 Å². The predicted molar refractivity (Wildman–Crippen MR) is 92.3 cm³/mol. The van der Waals surface area contributed by atoms with Crippen LogP contribution in [0.2, 0.25) is 5.02 Å². The molecule has 0 saturated heterocycles. The number of carbonyl (C=O) groups excluding carboxylic acids is 1. The SMILES string of the molecule is O=C(Cc1ccc(Cl)cc1)N/N=C/c1cc([N+](=O)[O-])cc([N+](=O)[O-])c1O. The van der Waals surface area contributed by atoms with E-state index in [1.165, 1.54) is 0 Å². The van der Waals surface area contributed by atoms with Crippen LogP contribution in [-0.4, -0.2) is 27.1 Å². The van der Waals surface area contributed by atoms with Crippen molar-refractivity contribution in [2.24, 2.45) is 5.10 Å². The summed E-state index contributed by atoms with van der Waals surface area (Å²) < 4.78 is 0. The largest absolute Gasteiger partial charge is 0.502 e. The van der Waals surface area contributed by atoms with Crippen molar-refractivity contribution in [3.63, 3.8) is 0 Å². The highest BCUT2D eigenvalue weighted by atomic mass is 35.5. The molecule has 134 valence electrons. The minimum absolute atomic E-state index is 0.00439. The highest BCUT2D eigenvalue weighted by molar-refractivity contribution is 6.30. The van der Waals surface area contributed by atoms with Crippen molar-refractivity contribution in [1.82, 2.24) is 5.43 Å². The molecule has 0 bridgehead atoms. The van der Waals surface area contributed by atoms with Crippen molar-refractivity contribution in [2.45, 2.75) is 6.42 Å². The highest BCUT2D eigenvalue weighted by Crippen LogP contribution is 2.33. The Hall–Kier alpha value is -3.53. The first kappa shape index (κ1) is 18.8. The van der Waals surface area contributed by atoms with Crippen molar-refractivity contribution in [3.05, 3.63) is 72.8 Å². The van der Waals surface area contributed by atoms with Crippen LogP contribution in [0.15, 0.2) is 41.5 Å². The van der Waals surface area contributed by atoms with E-state index in [2.05, 4.69) is 10.5 Å². The average Bonchev–Trinajstić information content (AvgIpc) is 2.58. The Labute approximate surface area is 151 Å². The van der Waals surface area contributed by atoms with E-state index in [4.69, 9.17) is 11.6 Å². The molecule has 0 spiro atoms. The fourth-order valence-corrected chi connectivity index (χ4v) is 2.10. The Morgan fingerprint density at radius 3 is 2.42 bits per heavy atom. The quantitative estimate of drug-likeness (QED) is 0.448. The number of nitro groups is 2. The molecule has 0 radical (unpaired) electrons. The second-order valence-electron chi connectivity index (χ2n) is 5.01. The van der Waals surface area contributed by atoms with Gasteiger partial charge in [0.2, 0.25) is 11.7 Å². The fraction of sp³-hybridized carbons (Fsp3) is 0.0667. The Morgan fingerprint density at radius 1 is 1.19 bits per heavy atom. The van der Waals surface area contributed by atoms with Gasteiger partial charge in [-0.3, -0.25) is 25.0 Å². The fourth-order valence-electron chi connectivity index (χ4n) is 1.97. The van der Waals surface area contributed by atoms with E-state index in [0.29, 0.717) is 16.7 Å². The molecule has 2 aromatic rings. The van der Waals surface area contributed by atoms with Gasteiger partial charge in [-0.2, -0.15) is 5.10 Å². The molecule has 0 unspecified atom stereocenters. The summed E-state index contributed by atoms with van der Waals surface area (Å²) in [7, 11) is 0. The maximum absolute atomic E-state index is 11.8. The van der Waals surface area contributed by atoms with Gasteiger partial charge in [-0.1, -0.05) is 23.7 Å². The number of carbonyl (C=O) groups is 1. The van der Waals surface area contributed by atoms with E-state index in [9.17, 15) is 30.1 Å². The van der Waals surface area contributed by atoms with Gasteiger partial charge in [0.1, 0.15) is 0 Å². The predicted octanol–water partition coefficient (Wildman–Crippen LogP) is 2.55. The zero-order chi connectivity index (χ0) is 19.3. The number of halogens is 1. The maximum atomic E-state index is 11.8. The summed E-state index contributed by atoms with van der Waals surface area (Å²) in [5, 5.41) is 35.6. The molecule has 10 nitrogen and oxygen atoms in total. The average molecular weight is 379 g/mol. The number of phenols is 1. The van der Waals surface area contributed by atoms with Gasteiger partial charge in [-0.25, -0.2) is 5.43 Å². The standard InChI is InChI=1S/C15H11ClN4O6/c16-11-3-1-9(2-4-11)5-14(21)18-17-8-10-6-12(19(23)24)7-13(15(10)22)20(25)26/h1-4,6-8,22H,5H2,(H,18,21)/b17-8+. The van der Waals surface area contributed by atoms with Crippen LogP contribution < -0.4 is 5.43 Å². The lowest BCUT2D eigenvalue weighted by Gasteiger charge is -2.02. The van der Waals surface area contributed by atoms with Crippen molar-refractivity contribution >= 4 is 35.1 Å². The van der Waals surface area contributed by atoms with E-state index in [1.807, 2.05) is 0 Å². The third kappa shape index (κ3) is 4.74. The molecule has 11 heteroatoms. The van der Waals surface area contributed by atoms with Gasteiger partial charge in [0.15, 0.2) is 0 Å². The Bertz CT molecular complexity index is 898. The minimum Gasteiger partial charge on any atom is -0.502 e. The van der Waals surface area contributed by atoms with E-state index >= 15 is 0 Å². The first-order chi connectivity index (χ1) is 12.3. The van der Waals surface area contributed by atoms with Gasteiger partial charge in [-0.05, 0) is 17.7 Å². The van der Waals surface area contributed by atoms with Crippen LogP contribution in [0.3, 0.4) is 0 Å². The lowest BCUT2D eigenvalue weighted by Crippen LogP contribution is -2.19. The molecule has 0 aliphatic rings. The minimum atomic E-state index is -0.960. The van der Waals surface area contributed by atoms with Gasteiger partial charge in [0.05, 0.1) is 34.1 Å². The summed E-state index contributed by atoms with van der Waals surface area (Å²) in [6.07, 6.45) is 0.880. The van der Waals surface area contributed by atoms with Crippen LogP contribution in [0, 0.1) is 20.2 Å². The Kier molecular flexibility index (Phi) is 5.81. The maximum Gasteiger partial charge on any atom is 0.318 e. The van der Waals surface area contributed by atoms with Crippen LogP contribution in [0.5, 0.6) is 5.75 Å². The Balaban J connectivity index is 2.14. The summed E-state index contributed by atoms with van der Waals surface area (Å²) in [5.41, 5.74) is 1.13. The van der Waals surface area contributed by atoms with Crippen molar-refractivity contribution in [1.29, 1.82) is 0 Å². The number of amides is 1. The number of nitrogens with one attached hydrogen (secondary N) is 1. The van der Waals surface area contributed by atoms with E-state index in [-0.39, 0.29) is 12.0 Å². The van der Waals surface area contributed by atoms with Gasteiger partial charge >= 0.3 is 5.69 Å². The van der Waals surface area contributed by atoms with Gasteiger partial charge in [0.25, 0.3) is 5.69 Å². The number of nitrogens with zero attached hydrogens (tertiary/aromatic N) is 3. The van der Waals surface area contributed by atoms with E-state index < -0.39 is 32.9 Å². The van der Waals surface area contributed by atoms with E-state index in [1.54, 1.807) is 24.3 Å². The normalized spacial score (nSPS) is 10.7. The molecule has 26 heavy (non-hydrogen) atoms. The van der Waals surface area contributed by atoms with Gasteiger partial charge in [-0.15, -0.1) is 0 Å². The molecule has 0 fully saturated rings. The molecule has 2 N–H and O–H groups in total. The Morgan fingerprint density at radius 2 is 1.85 bits per heavy atom. The molecule has 0 atom stereocenters. The van der Waals surface area contributed by atoms with Gasteiger partial charge < -0.3 is 5.11 Å². The monoisotopic (exact) mass is 378 g/mol. The number of hydrogen-bond acceptors (Lipinski definition) is 7. The molecule has 0 aromatic heterocycles. The number of rotatable bonds is 6. The number of hydrogen-bond donors (Lipinski definition) is 2. The van der Waals surface area contributed by atoms with Crippen molar-refractivity contribution in [3.8, 4) is 5.75 Å². The summed E-state index contributed by atoms with van der Waals surface area (Å²) in [6.45, 7) is 0. The summed E-state index contributed by atoms with van der Waals surface area (Å²) >= 11 is 5.74. The summed E-state index contributed by atoms with van der Waals surface area (Å²) in [6, 6.07) is 8.08. The molecule has 2 aromatic carbocycles. The first-order valence-electron chi connectivity index (χ1n) is 7.00. The zero-order valence-electron chi connectivity index (χ0n) is 13.0. The van der Waals surface area contributed by atoms with E-state index in [0.717, 1.165) is 12.3 Å². The zero-order valence-corrected chi connectivity index (χ0v) is 13.7. The molecular weight excluding hydrogens is 368 g/mol. The molecule has 0 aliphatic heterocycles. The summed E-state index contributed by atoms with van der Waals surface area (Å²) in [5.74, 6) is -1.29. The third-order valence-electron chi connectivity index (χ3n) is 3.18. The molecule has 0 heterocycles. The van der Waals surface area contributed by atoms with Gasteiger partial charge in [0, 0.05) is 11.1 Å². The topological polar surface area (TPSA) is 148 Å². The molecule has 1 amide bonds. The highest BCUT2D eigenvalue weighted by Gasteiger charge is 2.23. The molecule has 2 rings (SSSR count).